The number of benzene rings is 2. The van der Waals surface area contributed by atoms with Crippen LogP contribution in [0.2, 0.25) is 0 Å². The minimum absolute atomic E-state index is 0.0394. The van der Waals surface area contributed by atoms with Gasteiger partial charge in [-0.1, -0.05) is 60.7 Å². The highest BCUT2D eigenvalue weighted by atomic mass is 16.2. The number of hydrogen-bond donors (Lipinski definition) is 1. The molecule has 4 saturated carbocycles. The summed E-state index contributed by atoms with van der Waals surface area (Å²) in [5.74, 6) is 2.54. The van der Waals surface area contributed by atoms with Gasteiger partial charge < -0.3 is 5.32 Å². The summed E-state index contributed by atoms with van der Waals surface area (Å²) in [5.41, 5.74) is 2.21. The molecule has 1 N–H and O–H groups in total. The van der Waals surface area contributed by atoms with Gasteiger partial charge in [0.1, 0.15) is 0 Å². The van der Waals surface area contributed by atoms with E-state index in [0.29, 0.717) is 0 Å². The molecule has 4 bridgehead atoms. The molecule has 1 amide bonds. The zero-order valence-electron chi connectivity index (χ0n) is 15.9. The van der Waals surface area contributed by atoms with Crippen molar-refractivity contribution < 1.29 is 4.79 Å². The van der Waals surface area contributed by atoms with Crippen molar-refractivity contribution in [3.05, 3.63) is 71.8 Å². The van der Waals surface area contributed by atoms with Crippen molar-refractivity contribution in [3.63, 3.8) is 0 Å². The van der Waals surface area contributed by atoms with Gasteiger partial charge in [0.15, 0.2) is 0 Å². The van der Waals surface area contributed by atoms with Crippen LogP contribution in [0.25, 0.3) is 0 Å². The highest BCUT2D eigenvalue weighted by Crippen LogP contribution is 2.53. The number of carbonyl (C=O) groups excluding carboxylic acids is 1. The summed E-state index contributed by atoms with van der Waals surface area (Å²) in [4.78, 5) is 13.6. The lowest BCUT2D eigenvalue weighted by Gasteiger charge is -2.46. The van der Waals surface area contributed by atoms with E-state index in [1.807, 2.05) is 36.4 Å². The van der Waals surface area contributed by atoms with Crippen molar-refractivity contribution in [3.8, 4) is 0 Å². The summed E-state index contributed by atoms with van der Waals surface area (Å²) >= 11 is 0. The van der Waals surface area contributed by atoms with E-state index in [2.05, 4.69) is 29.6 Å². The smallest absolute Gasteiger partial charge is 0.232 e. The van der Waals surface area contributed by atoms with Crippen LogP contribution in [0.5, 0.6) is 0 Å². The molecule has 140 valence electrons. The van der Waals surface area contributed by atoms with Gasteiger partial charge in [-0.25, -0.2) is 0 Å². The van der Waals surface area contributed by atoms with Gasteiger partial charge in [-0.15, -0.1) is 0 Å². The number of fused-ring (bicyclic) bond motifs is 1. The first-order chi connectivity index (χ1) is 13.2. The van der Waals surface area contributed by atoms with Crippen LogP contribution in [0.15, 0.2) is 60.7 Å². The van der Waals surface area contributed by atoms with Gasteiger partial charge in [0.05, 0.1) is 5.92 Å². The Balaban J connectivity index is 1.45. The molecule has 2 nitrogen and oxygen atoms in total. The van der Waals surface area contributed by atoms with Gasteiger partial charge in [-0.2, -0.15) is 0 Å². The maximum atomic E-state index is 13.6. The quantitative estimate of drug-likeness (QED) is 0.789. The van der Waals surface area contributed by atoms with E-state index in [1.54, 1.807) is 0 Å². The standard InChI is InChI=1S/C25H29NO/c27-24(23(21-7-3-1-4-8-21)22-9-5-2-6-10-22)26-25-12-11-18-13-19(16-25)15-20(14-18)17-25/h1-10,18-20,23H,11-17H2,(H,26,27). The first-order valence-electron chi connectivity index (χ1n) is 10.6. The van der Waals surface area contributed by atoms with E-state index in [4.69, 9.17) is 0 Å². The molecule has 6 rings (SSSR count). The second kappa shape index (κ2) is 6.82. The molecule has 2 heteroatoms. The molecule has 0 aromatic heterocycles. The molecule has 2 aromatic rings. The van der Waals surface area contributed by atoms with E-state index >= 15 is 0 Å². The minimum Gasteiger partial charge on any atom is -0.350 e. The van der Waals surface area contributed by atoms with E-state index in [9.17, 15) is 4.79 Å². The number of amides is 1. The maximum Gasteiger partial charge on any atom is 0.232 e. The van der Waals surface area contributed by atoms with Crippen LogP contribution in [0.4, 0.5) is 0 Å². The lowest BCUT2D eigenvalue weighted by molar-refractivity contribution is -0.124. The molecule has 2 unspecified atom stereocenters. The van der Waals surface area contributed by atoms with Crippen LogP contribution in [-0.2, 0) is 4.79 Å². The van der Waals surface area contributed by atoms with Gasteiger partial charge in [-0.3, -0.25) is 4.79 Å². The molecule has 4 fully saturated rings. The summed E-state index contributed by atoms with van der Waals surface area (Å²) in [7, 11) is 0. The monoisotopic (exact) mass is 359 g/mol. The molecule has 0 saturated heterocycles. The predicted molar refractivity (Wildman–Crippen MR) is 108 cm³/mol. The summed E-state index contributed by atoms with van der Waals surface area (Å²) in [6.07, 6.45) is 9.06. The molecule has 2 aromatic carbocycles. The van der Waals surface area contributed by atoms with E-state index in [0.717, 1.165) is 28.9 Å². The Morgan fingerprint density at radius 3 is 1.89 bits per heavy atom. The zero-order chi connectivity index (χ0) is 18.3. The van der Waals surface area contributed by atoms with Crippen molar-refractivity contribution in [1.82, 2.24) is 5.32 Å². The minimum atomic E-state index is -0.222. The third-order valence-corrected chi connectivity index (χ3v) is 7.31. The second-order valence-electron chi connectivity index (χ2n) is 9.28. The SMILES string of the molecule is O=C(NC12CCC3CC(CC(C3)C1)C2)C(c1ccccc1)c1ccccc1. The van der Waals surface area contributed by atoms with Crippen molar-refractivity contribution >= 4 is 5.91 Å². The third kappa shape index (κ3) is 3.31. The predicted octanol–water partition coefficient (Wildman–Crippen LogP) is 5.29. The van der Waals surface area contributed by atoms with E-state index in [-0.39, 0.29) is 17.4 Å². The molecule has 0 heterocycles. The third-order valence-electron chi connectivity index (χ3n) is 7.31. The lowest BCUT2D eigenvalue weighted by Crippen LogP contribution is -2.53. The van der Waals surface area contributed by atoms with Crippen LogP contribution in [0.1, 0.15) is 62.0 Å². The van der Waals surface area contributed by atoms with Crippen LogP contribution in [0.3, 0.4) is 0 Å². The number of carbonyl (C=O) groups is 1. The molecular formula is C25H29NO. The van der Waals surface area contributed by atoms with Crippen molar-refractivity contribution in [1.29, 1.82) is 0 Å². The fourth-order valence-electron chi connectivity index (χ4n) is 6.43. The number of nitrogens with one attached hydrogen (secondary N) is 1. The molecule has 0 aliphatic heterocycles. The molecule has 0 spiro atoms. The second-order valence-corrected chi connectivity index (χ2v) is 9.28. The number of hydrogen-bond acceptors (Lipinski definition) is 1. The van der Waals surface area contributed by atoms with Gasteiger partial charge in [0, 0.05) is 5.54 Å². The number of rotatable bonds is 4. The normalized spacial score (nSPS) is 31.7. The van der Waals surface area contributed by atoms with Crippen molar-refractivity contribution in [2.24, 2.45) is 17.8 Å². The molecule has 2 atom stereocenters. The highest BCUT2D eigenvalue weighted by Gasteiger charge is 2.48. The highest BCUT2D eigenvalue weighted by molar-refractivity contribution is 5.87. The molecule has 4 aliphatic carbocycles. The Morgan fingerprint density at radius 2 is 1.33 bits per heavy atom. The van der Waals surface area contributed by atoms with Crippen LogP contribution in [-0.4, -0.2) is 11.4 Å². The average Bonchev–Trinajstić information content (AvgIpc) is 2.87. The van der Waals surface area contributed by atoms with Crippen molar-refractivity contribution in [2.75, 3.05) is 0 Å². The van der Waals surface area contributed by atoms with Crippen LogP contribution >= 0.6 is 0 Å². The zero-order valence-corrected chi connectivity index (χ0v) is 15.9. The first kappa shape index (κ1) is 17.0. The lowest BCUT2D eigenvalue weighted by atomic mass is 9.65. The van der Waals surface area contributed by atoms with Crippen LogP contribution < -0.4 is 5.32 Å². The molecular weight excluding hydrogens is 330 g/mol. The van der Waals surface area contributed by atoms with Gasteiger partial charge in [0.25, 0.3) is 0 Å². The topological polar surface area (TPSA) is 29.1 Å². The maximum absolute atomic E-state index is 13.6. The van der Waals surface area contributed by atoms with Gasteiger partial charge >= 0.3 is 0 Å². The summed E-state index contributed by atoms with van der Waals surface area (Å²) in [5, 5.41) is 3.62. The largest absolute Gasteiger partial charge is 0.350 e. The Labute approximate surface area is 162 Å². The van der Waals surface area contributed by atoms with Gasteiger partial charge in [-0.05, 0) is 73.8 Å². The molecule has 27 heavy (non-hydrogen) atoms. The van der Waals surface area contributed by atoms with Crippen molar-refractivity contribution in [2.45, 2.75) is 56.4 Å². The van der Waals surface area contributed by atoms with Gasteiger partial charge in [0.2, 0.25) is 5.91 Å². The fourth-order valence-corrected chi connectivity index (χ4v) is 6.43. The average molecular weight is 360 g/mol. The fraction of sp³-hybridized carbons (Fsp3) is 0.480. The first-order valence-corrected chi connectivity index (χ1v) is 10.6. The van der Waals surface area contributed by atoms with E-state index < -0.39 is 0 Å². The van der Waals surface area contributed by atoms with Crippen LogP contribution in [0, 0.1) is 17.8 Å². The van der Waals surface area contributed by atoms with E-state index in [1.165, 1.54) is 44.9 Å². The summed E-state index contributed by atoms with van der Waals surface area (Å²) < 4.78 is 0. The Bertz CT molecular complexity index is 746. The summed E-state index contributed by atoms with van der Waals surface area (Å²) in [6.45, 7) is 0. The molecule has 4 aliphatic rings. The Morgan fingerprint density at radius 1 is 0.815 bits per heavy atom. The summed E-state index contributed by atoms with van der Waals surface area (Å²) in [6, 6.07) is 20.5. The Hall–Kier alpha value is -2.09. The molecule has 0 radical (unpaired) electrons. The Kier molecular flexibility index (Phi) is 4.30.